The first-order chi connectivity index (χ1) is 14.2. The van der Waals surface area contributed by atoms with Crippen molar-refractivity contribution in [1.82, 2.24) is 20.0 Å². The van der Waals surface area contributed by atoms with Crippen molar-refractivity contribution in [2.75, 3.05) is 59.0 Å². The quantitative estimate of drug-likeness (QED) is 0.397. The highest BCUT2D eigenvalue weighted by Gasteiger charge is 2.30. The van der Waals surface area contributed by atoms with Gasteiger partial charge in [0.2, 0.25) is 0 Å². The SMILES string of the molecule is CCNC(=NCCCCN1CCCCC1C)N1CCN(C(=O)C2CCCO2)CC1. The molecule has 166 valence electrons. The van der Waals surface area contributed by atoms with Crippen LogP contribution in [0.1, 0.15) is 58.8 Å². The number of hydrogen-bond acceptors (Lipinski definition) is 4. The number of carbonyl (C=O) groups excluding carboxylic acids is 1. The number of rotatable bonds is 7. The van der Waals surface area contributed by atoms with Crippen molar-refractivity contribution in [1.29, 1.82) is 0 Å². The average Bonchev–Trinajstić information content (AvgIpc) is 3.28. The van der Waals surface area contributed by atoms with E-state index in [1.54, 1.807) is 0 Å². The highest BCUT2D eigenvalue weighted by molar-refractivity contribution is 5.82. The molecule has 7 heteroatoms. The van der Waals surface area contributed by atoms with Gasteiger partial charge in [-0.15, -0.1) is 0 Å². The van der Waals surface area contributed by atoms with E-state index < -0.39 is 0 Å². The number of nitrogens with one attached hydrogen (secondary N) is 1. The maximum Gasteiger partial charge on any atom is 0.251 e. The van der Waals surface area contributed by atoms with Crippen LogP contribution in [0.5, 0.6) is 0 Å². The van der Waals surface area contributed by atoms with Crippen LogP contribution in [-0.2, 0) is 9.53 Å². The number of hydrogen-bond donors (Lipinski definition) is 1. The van der Waals surface area contributed by atoms with Crippen LogP contribution < -0.4 is 5.32 Å². The standard InChI is InChI=1S/C22H41N5O2/c1-3-23-22(24-11-5-7-13-25-12-6-4-9-19(25)2)27-16-14-26(15-17-27)21(28)20-10-8-18-29-20/h19-20H,3-18H2,1-2H3,(H,23,24). The number of ether oxygens (including phenoxy) is 1. The monoisotopic (exact) mass is 407 g/mol. The predicted molar refractivity (Wildman–Crippen MR) is 117 cm³/mol. The first-order valence-corrected chi connectivity index (χ1v) is 11.9. The van der Waals surface area contributed by atoms with Gasteiger partial charge in [-0.05, 0) is 65.5 Å². The molecule has 0 spiro atoms. The molecule has 3 aliphatic heterocycles. The molecule has 1 amide bonds. The van der Waals surface area contributed by atoms with Crippen LogP contribution in [0.15, 0.2) is 4.99 Å². The van der Waals surface area contributed by atoms with Crippen LogP contribution in [0.4, 0.5) is 0 Å². The Balaban J connectivity index is 1.39. The second kappa shape index (κ2) is 11.7. The lowest BCUT2D eigenvalue weighted by molar-refractivity contribution is -0.142. The summed E-state index contributed by atoms with van der Waals surface area (Å²) in [5, 5.41) is 3.44. The van der Waals surface area contributed by atoms with Gasteiger partial charge in [-0.1, -0.05) is 6.42 Å². The van der Waals surface area contributed by atoms with Crippen molar-refractivity contribution >= 4 is 11.9 Å². The number of aliphatic imine (C=N–C) groups is 1. The molecule has 7 nitrogen and oxygen atoms in total. The summed E-state index contributed by atoms with van der Waals surface area (Å²) in [6.07, 6.45) is 8.13. The van der Waals surface area contributed by atoms with Gasteiger partial charge < -0.3 is 24.8 Å². The average molecular weight is 408 g/mol. The van der Waals surface area contributed by atoms with E-state index in [-0.39, 0.29) is 12.0 Å². The number of guanidine groups is 1. The molecule has 0 aromatic carbocycles. The van der Waals surface area contributed by atoms with Gasteiger partial charge in [-0.2, -0.15) is 0 Å². The third kappa shape index (κ3) is 6.57. The molecule has 1 N–H and O–H groups in total. The molecule has 29 heavy (non-hydrogen) atoms. The van der Waals surface area contributed by atoms with Gasteiger partial charge in [-0.3, -0.25) is 9.79 Å². The molecule has 0 bridgehead atoms. The number of piperazine rings is 1. The van der Waals surface area contributed by atoms with E-state index in [0.717, 1.165) is 77.1 Å². The minimum absolute atomic E-state index is 0.177. The summed E-state index contributed by atoms with van der Waals surface area (Å²) in [7, 11) is 0. The number of carbonyl (C=O) groups is 1. The van der Waals surface area contributed by atoms with Gasteiger partial charge in [-0.25, -0.2) is 0 Å². The smallest absolute Gasteiger partial charge is 0.251 e. The fourth-order valence-corrected chi connectivity index (χ4v) is 4.64. The number of nitrogens with zero attached hydrogens (tertiary/aromatic N) is 4. The molecule has 0 saturated carbocycles. The zero-order chi connectivity index (χ0) is 20.5. The third-order valence-corrected chi connectivity index (χ3v) is 6.49. The van der Waals surface area contributed by atoms with Crippen molar-refractivity contribution in [3.63, 3.8) is 0 Å². The number of amides is 1. The third-order valence-electron chi connectivity index (χ3n) is 6.49. The minimum atomic E-state index is -0.203. The first-order valence-electron chi connectivity index (χ1n) is 11.9. The fraction of sp³-hybridized carbons (Fsp3) is 0.909. The summed E-state index contributed by atoms with van der Waals surface area (Å²) in [4.78, 5) is 24.3. The summed E-state index contributed by atoms with van der Waals surface area (Å²) in [6, 6.07) is 0.748. The van der Waals surface area contributed by atoms with E-state index in [0.29, 0.717) is 0 Å². The molecular weight excluding hydrogens is 366 g/mol. The lowest BCUT2D eigenvalue weighted by Crippen LogP contribution is -2.55. The molecule has 2 atom stereocenters. The van der Waals surface area contributed by atoms with Crippen LogP contribution >= 0.6 is 0 Å². The topological polar surface area (TPSA) is 60.4 Å². The van der Waals surface area contributed by atoms with E-state index >= 15 is 0 Å². The zero-order valence-corrected chi connectivity index (χ0v) is 18.6. The van der Waals surface area contributed by atoms with E-state index in [2.05, 4.69) is 29.0 Å². The predicted octanol–water partition coefficient (Wildman–Crippen LogP) is 1.93. The van der Waals surface area contributed by atoms with Crippen molar-refractivity contribution in [3.05, 3.63) is 0 Å². The zero-order valence-electron chi connectivity index (χ0n) is 18.6. The van der Waals surface area contributed by atoms with Crippen LogP contribution in [0, 0.1) is 0 Å². The molecule has 0 aromatic heterocycles. The molecule has 2 unspecified atom stereocenters. The van der Waals surface area contributed by atoms with Crippen molar-refractivity contribution < 1.29 is 9.53 Å². The first kappa shape index (κ1) is 22.3. The Bertz CT molecular complexity index is 527. The lowest BCUT2D eigenvalue weighted by Gasteiger charge is -2.37. The Hall–Kier alpha value is -1.34. The Labute approximate surface area is 176 Å². The molecule has 3 fully saturated rings. The molecule has 0 aliphatic carbocycles. The van der Waals surface area contributed by atoms with E-state index in [1.807, 2.05) is 4.90 Å². The molecule has 3 heterocycles. The van der Waals surface area contributed by atoms with Gasteiger partial charge >= 0.3 is 0 Å². The highest BCUT2D eigenvalue weighted by Crippen LogP contribution is 2.17. The molecule has 0 aromatic rings. The lowest BCUT2D eigenvalue weighted by atomic mass is 10.0. The Morgan fingerprint density at radius 2 is 1.83 bits per heavy atom. The molecule has 3 aliphatic rings. The summed E-state index contributed by atoms with van der Waals surface area (Å²) in [6.45, 7) is 12.6. The van der Waals surface area contributed by atoms with Crippen molar-refractivity contribution in [3.8, 4) is 0 Å². The maximum atomic E-state index is 12.5. The van der Waals surface area contributed by atoms with Gasteiger partial charge in [0.15, 0.2) is 5.96 Å². The summed E-state index contributed by atoms with van der Waals surface area (Å²) in [5.74, 6) is 1.18. The highest BCUT2D eigenvalue weighted by atomic mass is 16.5. The molecule has 3 saturated heterocycles. The van der Waals surface area contributed by atoms with E-state index in [1.165, 1.54) is 38.8 Å². The fourth-order valence-electron chi connectivity index (χ4n) is 4.64. The number of piperidine rings is 1. The largest absolute Gasteiger partial charge is 0.368 e. The molecule has 0 radical (unpaired) electrons. The van der Waals surface area contributed by atoms with E-state index in [4.69, 9.17) is 9.73 Å². The van der Waals surface area contributed by atoms with Gasteiger partial charge in [0, 0.05) is 51.9 Å². The van der Waals surface area contributed by atoms with Crippen LogP contribution in [0.3, 0.4) is 0 Å². The Kier molecular flexibility index (Phi) is 9.05. The van der Waals surface area contributed by atoms with Crippen molar-refractivity contribution in [2.24, 2.45) is 4.99 Å². The van der Waals surface area contributed by atoms with Gasteiger partial charge in [0.05, 0.1) is 0 Å². The molecular formula is C22H41N5O2. The van der Waals surface area contributed by atoms with Crippen LogP contribution in [0.2, 0.25) is 0 Å². The van der Waals surface area contributed by atoms with Crippen LogP contribution in [0.25, 0.3) is 0 Å². The Morgan fingerprint density at radius 3 is 2.52 bits per heavy atom. The van der Waals surface area contributed by atoms with Crippen molar-refractivity contribution in [2.45, 2.75) is 70.9 Å². The normalized spacial score (nSPS) is 26.8. The van der Waals surface area contributed by atoms with Gasteiger partial charge in [0.25, 0.3) is 5.91 Å². The summed E-state index contributed by atoms with van der Waals surface area (Å²) < 4.78 is 5.56. The molecule has 3 rings (SSSR count). The Morgan fingerprint density at radius 1 is 1.03 bits per heavy atom. The second-order valence-electron chi connectivity index (χ2n) is 8.64. The number of likely N-dealkylation sites (tertiary alicyclic amines) is 1. The summed E-state index contributed by atoms with van der Waals surface area (Å²) >= 11 is 0. The maximum absolute atomic E-state index is 12.5. The minimum Gasteiger partial charge on any atom is -0.368 e. The van der Waals surface area contributed by atoms with E-state index in [9.17, 15) is 4.79 Å². The van der Waals surface area contributed by atoms with Crippen LogP contribution in [-0.4, -0.2) is 97.7 Å². The number of unbranched alkanes of at least 4 members (excludes halogenated alkanes) is 1. The second-order valence-corrected chi connectivity index (χ2v) is 8.64. The van der Waals surface area contributed by atoms with Gasteiger partial charge in [0.1, 0.15) is 6.10 Å². The summed E-state index contributed by atoms with van der Waals surface area (Å²) in [5.41, 5.74) is 0.